The van der Waals surface area contributed by atoms with Gasteiger partial charge in [0.15, 0.2) is 0 Å². The standard InChI is InChI=1S/C14H30N2S/c1-12(2)5-6-13(3)15-7-8-16-9-10-17-14(4)11-16/h12-15H,5-11H2,1-4H3. The van der Waals surface area contributed by atoms with E-state index in [-0.39, 0.29) is 0 Å². The average Bonchev–Trinajstić information content (AvgIpc) is 2.26. The van der Waals surface area contributed by atoms with Gasteiger partial charge in [0.05, 0.1) is 0 Å². The van der Waals surface area contributed by atoms with Crippen LogP contribution in [-0.4, -0.2) is 48.1 Å². The summed E-state index contributed by atoms with van der Waals surface area (Å²) in [6.45, 7) is 14.2. The fourth-order valence-corrected chi connectivity index (χ4v) is 3.33. The van der Waals surface area contributed by atoms with E-state index in [0.29, 0.717) is 6.04 Å². The molecule has 0 aromatic rings. The van der Waals surface area contributed by atoms with E-state index in [1.165, 1.54) is 38.2 Å². The topological polar surface area (TPSA) is 15.3 Å². The van der Waals surface area contributed by atoms with Gasteiger partial charge >= 0.3 is 0 Å². The summed E-state index contributed by atoms with van der Waals surface area (Å²) in [6.07, 6.45) is 2.65. The van der Waals surface area contributed by atoms with Crippen molar-refractivity contribution in [2.24, 2.45) is 5.92 Å². The van der Waals surface area contributed by atoms with Crippen LogP contribution in [0.3, 0.4) is 0 Å². The van der Waals surface area contributed by atoms with Crippen LogP contribution in [0.15, 0.2) is 0 Å². The first kappa shape index (κ1) is 15.3. The van der Waals surface area contributed by atoms with E-state index in [1.54, 1.807) is 0 Å². The van der Waals surface area contributed by atoms with E-state index >= 15 is 0 Å². The number of nitrogens with one attached hydrogen (secondary N) is 1. The lowest BCUT2D eigenvalue weighted by Crippen LogP contribution is -2.42. The van der Waals surface area contributed by atoms with Gasteiger partial charge in [-0.05, 0) is 25.7 Å². The molecule has 0 aromatic heterocycles. The molecule has 17 heavy (non-hydrogen) atoms. The molecule has 1 aliphatic rings. The molecule has 1 heterocycles. The third-order valence-electron chi connectivity index (χ3n) is 3.42. The maximum absolute atomic E-state index is 3.65. The van der Waals surface area contributed by atoms with E-state index in [2.05, 4.69) is 49.7 Å². The van der Waals surface area contributed by atoms with Crippen molar-refractivity contribution in [3.05, 3.63) is 0 Å². The molecular weight excluding hydrogens is 228 g/mol. The van der Waals surface area contributed by atoms with Gasteiger partial charge in [-0.25, -0.2) is 0 Å². The monoisotopic (exact) mass is 258 g/mol. The highest BCUT2D eigenvalue weighted by Crippen LogP contribution is 2.17. The SMILES string of the molecule is CC(C)CCC(C)NCCN1CCSC(C)C1. The predicted molar refractivity (Wildman–Crippen MR) is 79.9 cm³/mol. The van der Waals surface area contributed by atoms with Gasteiger partial charge in [0.2, 0.25) is 0 Å². The van der Waals surface area contributed by atoms with Gasteiger partial charge in [-0.2, -0.15) is 11.8 Å². The second-order valence-corrected chi connectivity index (χ2v) is 7.35. The lowest BCUT2D eigenvalue weighted by Gasteiger charge is -2.30. The molecule has 1 fully saturated rings. The summed E-state index contributed by atoms with van der Waals surface area (Å²) >= 11 is 2.11. The Hall–Kier alpha value is 0.270. The zero-order valence-electron chi connectivity index (χ0n) is 12.0. The summed E-state index contributed by atoms with van der Waals surface area (Å²) in [6, 6.07) is 0.675. The molecule has 0 aliphatic carbocycles. The van der Waals surface area contributed by atoms with Gasteiger partial charge in [0, 0.05) is 43.2 Å². The first-order valence-corrected chi connectivity index (χ1v) is 8.20. The van der Waals surface area contributed by atoms with E-state index in [4.69, 9.17) is 0 Å². The maximum atomic E-state index is 3.65. The Morgan fingerprint density at radius 2 is 2.06 bits per heavy atom. The second-order valence-electron chi connectivity index (χ2n) is 5.81. The van der Waals surface area contributed by atoms with Crippen molar-refractivity contribution in [3.8, 4) is 0 Å². The summed E-state index contributed by atoms with van der Waals surface area (Å²) in [5.74, 6) is 2.14. The van der Waals surface area contributed by atoms with Crippen LogP contribution in [0, 0.1) is 5.92 Å². The third-order valence-corrected chi connectivity index (χ3v) is 4.56. The van der Waals surface area contributed by atoms with Crippen molar-refractivity contribution in [1.29, 1.82) is 0 Å². The Bertz CT molecular complexity index is 197. The number of rotatable bonds is 7. The number of hydrogen-bond acceptors (Lipinski definition) is 3. The lowest BCUT2D eigenvalue weighted by molar-refractivity contribution is 0.279. The van der Waals surface area contributed by atoms with E-state index in [9.17, 15) is 0 Å². The number of thioether (sulfide) groups is 1. The molecule has 3 heteroatoms. The number of nitrogens with zero attached hydrogens (tertiary/aromatic N) is 1. The Kier molecular flexibility index (Phi) is 7.56. The molecular formula is C14H30N2S. The molecule has 0 bridgehead atoms. The van der Waals surface area contributed by atoms with Crippen LogP contribution >= 0.6 is 11.8 Å². The van der Waals surface area contributed by atoms with Crippen LogP contribution in [0.25, 0.3) is 0 Å². The third kappa shape index (κ3) is 7.32. The van der Waals surface area contributed by atoms with Crippen molar-refractivity contribution < 1.29 is 0 Å². The van der Waals surface area contributed by atoms with E-state index in [1.807, 2.05) is 0 Å². The Balaban J connectivity index is 2.02. The highest BCUT2D eigenvalue weighted by molar-refractivity contribution is 7.99. The van der Waals surface area contributed by atoms with Gasteiger partial charge in [0.25, 0.3) is 0 Å². The van der Waals surface area contributed by atoms with Gasteiger partial charge in [-0.15, -0.1) is 0 Å². The first-order valence-electron chi connectivity index (χ1n) is 7.15. The molecule has 0 radical (unpaired) electrons. The maximum Gasteiger partial charge on any atom is 0.0147 e. The van der Waals surface area contributed by atoms with Crippen molar-refractivity contribution in [3.63, 3.8) is 0 Å². The molecule has 102 valence electrons. The second kappa shape index (κ2) is 8.39. The summed E-state index contributed by atoms with van der Waals surface area (Å²) in [4.78, 5) is 2.60. The van der Waals surface area contributed by atoms with Crippen molar-refractivity contribution in [2.45, 2.75) is 51.8 Å². The fraction of sp³-hybridized carbons (Fsp3) is 1.00. The smallest absolute Gasteiger partial charge is 0.0147 e. The minimum absolute atomic E-state index is 0.675. The van der Waals surface area contributed by atoms with Crippen molar-refractivity contribution >= 4 is 11.8 Å². The number of hydrogen-bond donors (Lipinski definition) is 1. The zero-order valence-corrected chi connectivity index (χ0v) is 12.9. The highest BCUT2D eigenvalue weighted by Gasteiger charge is 2.15. The summed E-state index contributed by atoms with van der Waals surface area (Å²) in [5, 5.41) is 4.47. The lowest BCUT2D eigenvalue weighted by atomic mass is 10.0. The Morgan fingerprint density at radius 1 is 1.29 bits per heavy atom. The average molecular weight is 258 g/mol. The molecule has 0 saturated carbocycles. The largest absolute Gasteiger partial charge is 0.313 e. The molecule has 2 nitrogen and oxygen atoms in total. The van der Waals surface area contributed by atoms with Gasteiger partial charge in [-0.1, -0.05) is 20.8 Å². The normalized spacial score (nSPS) is 24.2. The fourth-order valence-electron chi connectivity index (χ4n) is 2.25. The van der Waals surface area contributed by atoms with E-state index < -0.39 is 0 Å². The molecule has 1 saturated heterocycles. The molecule has 0 aromatic carbocycles. The van der Waals surface area contributed by atoms with Crippen LogP contribution in [-0.2, 0) is 0 Å². The van der Waals surface area contributed by atoms with Gasteiger partial charge in [0.1, 0.15) is 0 Å². The molecule has 0 spiro atoms. The Morgan fingerprint density at radius 3 is 2.71 bits per heavy atom. The molecule has 1 rings (SSSR count). The van der Waals surface area contributed by atoms with Crippen LogP contribution < -0.4 is 5.32 Å². The van der Waals surface area contributed by atoms with E-state index in [0.717, 1.165) is 17.7 Å². The molecule has 1 N–H and O–H groups in total. The van der Waals surface area contributed by atoms with Crippen molar-refractivity contribution in [2.75, 3.05) is 31.9 Å². The predicted octanol–water partition coefficient (Wildman–Crippen LogP) is 2.84. The quantitative estimate of drug-likeness (QED) is 0.756. The zero-order chi connectivity index (χ0) is 12.7. The molecule has 2 unspecified atom stereocenters. The molecule has 2 atom stereocenters. The first-order chi connectivity index (χ1) is 8.08. The summed E-state index contributed by atoms with van der Waals surface area (Å²) in [5.41, 5.74) is 0. The minimum Gasteiger partial charge on any atom is -0.313 e. The van der Waals surface area contributed by atoms with Crippen LogP contribution in [0.2, 0.25) is 0 Å². The van der Waals surface area contributed by atoms with Crippen LogP contribution in [0.1, 0.15) is 40.5 Å². The van der Waals surface area contributed by atoms with Crippen molar-refractivity contribution in [1.82, 2.24) is 10.2 Å². The minimum atomic E-state index is 0.675. The highest BCUT2D eigenvalue weighted by atomic mass is 32.2. The summed E-state index contributed by atoms with van der Waals surface area (Å²) in [7, 11) is 0. The van der Waals surface area contributed by atoms with Gasteiger partial charge < -0.3 is 10.2 Å². The van der Waals surface area contributed by atoms with Gasteiger partial charge in [-0.3, -0.25) is 0 Å². The molecule has 0 amide bonds. The Labute approximate surface area is 112 Å². The summed E-state index contributed by atoms with van der Waals surface area (Å²) < 4.78 is 0. The van der Waals surface area contributed by atoms with Crippen LogP contribution in [0.4, 0.5) is 0 Å². The van der Waals surface area contributed by atoms with Crippen LogP contribution in [0.5, 0.6) is 0 Å². The molecule has 1 aliphatic heterocycles.